The van der Waals surface area contributed by atoms with Crippen molar-refractivity contribution in [3.05, 3.63) is 64.7 Å². The summed E-state index contributed by atoms with van der Waals surface area (Å²) in [6, 6.07) is 5.21. The Kier molecular flexibility index (Phi) is 8.19. The third kappa shape index (κ3) is 5.80. The van der Waals surface area contributed by atoms with Crippen molar-refractivity contribution in [1.29, 1.82) is 0 Å². The standard InChI is InChI=1S/C31H34F4O4/c32-27-23(13-15-25(36)29(27)34)19-5-1-17(2-6-19)18-3-7-21(8-4-18)31(38)39-22-11-9-20(10-12-22)24-14-16-26(37)30(35)28(24)33/h5,13-18,20-22,36-37H,1-4,6-12H2. The van der Waals surface area contributed by atoms with E-state index >= 15 is 0 Å². The second kappa shape index (κ2) is 11.6. The predicted molar refractivity (Wildman–Crippen MR) is 138 cm³/mol. The van der Waals surface area contributed by atoms with Gasteiger partial charge in [-0.3, -0.25) is 4.79 Å². The van der Waals surface area contributed by atoms with Crippen LogP contribution in [-0.4, -0.2) is 22.3 Å². The van der Waals surface area contributed by atoms with E-state index in [0.29, 0.717) is 43.9 Å². The number of carbonyl (C=O) groups excluding carboxylic acids is 1. The average Bonchev–Trinajstić information content (AvgIpc) is 2.96. The number of hydrogen-bond donors (Lipinski definition) is 2. The number of allylic oxidation sites excluding steroid dienone is 2. The Balaban J connectivity index is 1.07. The van der Waals surface area contributed by atoms with Crippen LogP contribution >= 0.6 is 0 Å². The van der Waals surface area contributed by atoms with E-state index < -0.39 is 34.8 Å². The van der Waals surface area contributed by atoms with E-state index in [4.69, 9.17) is 4.74 Å². The number of aromatic hydroxyl groups is 2. The number of rotatable bonds is 5. The smallest absolute Gasteiger partial charge is 0.309 e. The fraction of sp³-hybridized carbons (Fsp3) is 0.516. The first-order valence-corrected chi connectivity index (χ1v) is 14.0. The molecule has 0 heterocycles. The Hall–Kier alpha value is -3.03. The molecule has 0 spiro atoms. The largest absolute Gasteiger partial charge is 0.505 e. The van der Waals surface area contributed by atoms with Crippen LogP contribution in [-0.2, 0) is 9.53 Å². The lowest BCUT2D eigenvalue weighted by molar-refractivity contribution is -0.157. The number of halogens is 4. The number of phenolic OH excluding ortho intramolecular Hbond substituents is 2. The van der Waals surface area contributed by atoms with Crippen LogP contribution in [0.4, 0.5) is 17.6 Å². The molecule has 8 heteroatoms. The van der Waals surface area contributed by atoms with Crippen molar-refractivity contribution in [3.63, 3.8) is 0 Å². The highest BCUT2D eigenvalue weighted by Crippen LogP contribution is 2.43. The van der Waals surface area contributed by atoms with Gasteiger partial charge in [-0.05, 0) is 118 Å². The number of carbonyl (C=O) groups is 1. The number of phenols is 2. The zero-order valence-corrected chi connectivity index (χ0v) is 21.8. The minimum atomic E-state index is -1.22. The first kappa shape index (κ1) is 27.5. The van der Waals surface area contributed by atoms with Crippen molar-refractivity contribution in [1.82, 2.24) is 0 Å². The maximum atomic E-state index is 14.3. The molecule has 3 aliphatic carbocycles. The summed E-state index contributed by atoms with van der Waals surface area (Å²) in [7, 11) is 0. The lowest BCUT2D eigenvalue weighted by atomic mass is 9.71. The third-order valence-electron chi connectivity index (χ3n) is 9.12. The summed E-state index contributed by atoms with van der Waals surface area (Å²) in [6.07, 6.45) is 9.82. The Morgan fingerprint density at radius 2 is 1.36 bits per heavy atom. The first-order chi connectivity index (χ1) is 18.7. The molecule has 39 heavy (non-hydrogen) atoms. The maximum Gasteiger partial charge on any atom is 0.309 e. The molecular weight excluding hydrogens is 512 g/mol. The molecule has 1 unspecified atom stereocenters. The maximum absolute atomic E-state index is 14.3. The summed E-state index contributed by atoms with van der Waals surface area (Å²) in [4.78, 5) is 12.9. The van der Waals surface area contributed by atoms with Crippen molar-refractivity contribution in [3.8, 4) is 11.5 Å². The highest BCUT2D eigenvalue weighted by molar-refractivity contribution is 5.72. The minimum Gasteiger partial charge on any atom is -0.505 e. The molecule has 0 radical (unpaired) electrons. The number of benzene rings is 2. The molecule has 0 aromatic heterocycles. The lowest BCUT2D eigenvalue weighted by Crippen LogP contribution is -2.31. The summed E-state index contributed by atoms with van der Waals surface area (Å²) in [5.74, 6) is -5.37. The number of ether oxygens (including phenoxy) is 1. The van der Waals surface area contributed by atoms with Gasteiger partial charge in [0.15, 0.2) is 23.1 Å². The van der Waals surface area contributed by atoms with Gasteiger partial charge in [-0.15, -0.1) is 0 Å². The molecule has 1 atom stereocenters. The van der Waals surface area contributed by atoms with Crippen molar-refractivity contribution in [2.75, 3.05) is 0 Å². The molecule has 0 amide bonds. The molecule has 2 aromatic rings. The molecule has 0 bridgehead atoms. The van der Waals surface area contributed by atoms with Crippen LogP contribution < -0.4 is 0 Å². The Bertz CT molecular complexity index is 1240. The molecule has 2 N–H and O–H groups in total. The predicted octanol–water partition coefficient (Wildman–Crippen LogP) is 7.91. The zero-order valence-electron chi connectivity index (χ0n) is 21.8. The third-order valence-corrected chi connectivity index (χ3v) is 9.12. The van der Waals surface area contributed by atoms with Crippen LogP contribution in [0.1, 0.15) is 87.7 Å². The van der Waals surface area contributed by atoms with Crippen LogP contribution in [0.15, 0.2) is 30.3 Å². The van der Waals surface area contributed by atoms with Gasteiger partial charge in [0.25, 0.3) is 0 Å². The first-order valence-electron chi connectivity index (χ1n) is 14.0. The van der Waals surface area contributed by atoms with E-state index in [-0.39, 0.29) is 35.0 Å². The fourth-order valence-corrected chi connectivity index (χ4v) is 6.76. The van der Waals surface area contributed by atoms with Crippen molar-refractivity contribution in [2.45, 2.75) is 82.7 Å². The summed E-state index contributed by atoms with van der Waals surface area (Å²) < 4.78 is 61.8. The quantitative estimate of drug-likeness (QED) is 0.295. The van der Waals surface area contributed by atoms with Crippen molar-refractivity contribution in [2.24, 2.45) is 17.8 Å². The molecular formula is C31H34F4O4. The zero-order chi connectivity index (χ0) is 27.7. The van der Waals surface area contributed by atoms with Gasteiger partial charge in [-0.1, -0.05) is 12.1 Å². The summed E-state index contributed by atoms with van der Waals surface area (Å²) in [5, 5.41) is 18.7. The van der Waals surface area contributed by atoms with Gasteiger partial charge in [0.2, 0.25) is 11.6 Å². The van der Waals surface area contributed by atoms with E-state index in [1.54, 1.807) is 0 Å². The molecule has 5 rings (SSSR count). The number of hydrogen-bond acceptors (Lipinski definition) is 4. The van der Waals surface area contributed by atoms with Crippen molar-refractivity contribution < 1.29 is 37.3 Å². The van der Waals surface area contributed by atoms with E-state index in [1.165, 1.54) is 24.3 Å². The van der Waals surface area contributed by atoms with Gasteiger partial charge in [0.05, 0.1) is 5.92 Å². The molecule has 210 valence electrons. The highest BCUT2D eigenvalue weighted by Gasteiger charge is 2.34. The van der Waals surface area contributed by atoms with Gasteiger partial charge < -0.3 is 14.9 Å². The second-order valence-electron chi connectivity index (χ2n) is 11.3. The Labute approximate surface area is 225 Å². The van der Waals surface area contributed by atoms with Gasteiger partial charge in [-0.25, -0.2) is 8.78 Å². The summed E-state index contributed by atoms with van der Waals surface area (Å²) in [5.41, 5.74) is 1.25. The molecule has 4 nitrogen and oxygen atoms in total. The Morgan fingerprint density at radius 1 is 0.718 bits per heavy atom. The Morgan fingerprint density at radius 3 is 2.00 bits per heavy atom. The van der Waals surface area contributed by atoms with Crippen LogP contribution in [0.3, 0.4) is 0 Å². The SMILES string of the molecule is O=C(OC1CCC(c2ccc(O)c(F)c2F)CC1)C1CCC(C2CC=C(c3ccc(O)c(F)c3F)CC2)CC1. The molecule has 2 saturated carbocycles. The molecule has 3 aliphatic rings. The summed E-state index contributed by atoms with van der Waals surface area (Å²) in [6.45, 7) is 0. The molecule has 2 fully saturated rings. The minimum absolute atomic E-state index is 0.133. The summed E-state index contributed by atoms with van der Waals surface area (Å²) >= 11 is 0. The van der Waals surface area contributed by atoms with Gasteiger partial charge in [0, 0.05) is 5.56 Å². The topological polar surface area (TPSA) is 66.8 Å². The molecule has 2 aromatic carbocycles. The average molecular weight is 547 g/mol. The van der Waals surface area contributed by atoms with E-state index in [9.17, 15) is 32.6 Å². The van der Waals surface area contributed by atoms with Crippen molar-refractivity contribution >= 4 is 11.5 Å². The fourth-order valence-electron chi connectivity index (χ4n) is 6.76. The highest BCUT2D eigenvalue weighted by atomic mass is 19.2. The second-order valence-corrected chi connectivity index (χ2v) is 11.3. The lowest BCUT2D eigenvalue weighted by Gasteiger charge is -2.35. The van der Waals surface area contributed by atoms with Gasteiger partial charge in [0.1, 0.15) is 6.10 Å². The van der Waals surface area contributed by atoms with E-state index in [1.807, 2.05) is 6.08 Å². The van der Waals surface area contributed by atoms with Gasteiger partial charge in [-0.2, -0.15) is 8.78 Å². The van der Waals surface area contributed by atoms with E-state index in [2.05, 4.69) is 0 Å². The number of esters is 1. The molecule has 0 saturated heterocycles. The normalized spacial score (nSPS) is 27.6. The van der Waals surface area contributed by atoms with E-state index in [0.717, 1.165) is 44.1 Å². The van der Waals surface area contributed by atoms with Gasteiger partial charge >= 0.3 is 5.97 Å². The van der Waals surface area contributed by atoms with Crippen LogP contribution in [0.5, 0.6) is 11.5 Å². The monoisotopic (exact) mass is 546 g/mol. The van der Waals surface area contributed by atoms with Crippen LogP contribution in [0, 0.1) is 41.0 Å². The van der Waals surface area contributed by atoms with Crippen LogP contribution in [0.2, 0.25) is 0 Å². The van der Waals surface area contributed by atoms with Crippen LogP contribution in [0.25, 0.3) is 5.57 Å². The molecule has 0 aliphatic heterocycles.